The molecule has 6 N–H and O–H groups in total. The Labute approximate surface area is 112 Å². The standard InChI is InChI=1S/C11H24N4O4/c1-3-13-7-5-4-6-11(12,19)10(18)14-15(2)8-9(16)17/h13,19H,3-8,12H2,1-2H3,(H,14,18)(H,16,17). The molecule has 8 nitrogen and oxygen atoms in total. The van der Waals surface area contributed by atoms with E-state index < -0.39 is 17.6 Å². The maximum Gasteiger partial charge on any atom is 0.319 e. The summed E-state index contributed by atoms with van der Waals surface area (Å²) in [5, 5.41) is 22.5. The summed E-state index contributed by atoms with van der Waals surface area (Å²) in [5.74, 6) is -1.89. The van der Waals surface area contributed by atoms with Crippen molar-refractivity contribution < 1.29 is 19.8 Å². The molecule has 0 aliphatic heterocycles. The van der Waals surface area contributed by atoms with Crippen LogP contribution < -0.4 is 16.5 Å². The molecule has 0 bridgehead atoms. The van der Waals surface area contributed by atoms with E-state index in [0.29, 0.717) is 6.42 Å². The number of aliphatic hydroxyl groups is 1. The quantitative estimate of drug-likeness (QED) is 0.186. The van der Waals surface area contributed by atoms with Crippen molar-refractivity contribution >= 4 is 11.9 Å². The molecule has 0 rings (SSSR count). The van der Waals surface area contributed by atoms with Crippen molar-refractivity contribution in [3.8, 4) is 0 Å². The fourth-order valence-electron chi connectivity index (χ4n) is 1.45. The number of carbonyl (C=O) groups is 2. The summed E-state index contributed by atoms with van der Waals surface area (Å²) in [4.78, 5) is 22.1. The van der Waals surface area contributed by atoms with E-state index in [1.807, 2.05) is 6.92 Å². The Morgan fingerprint density at radius 3 is 2.53 bits per heavy atom. The number of nitrogens with zero attached hydrogens (tertiary/aromatic N) is 1. The molecule has 1 amide bonds. The van der Waals surface area contributed by atoms with E-state index in [-0.39, 0.29) is 13.0 Å². The molecule has 0 saturated carbocycles. The van der Waals surface area contributed by atoms with Crippen LogP contribution in [0.2, 0.25) is 0 Å². The Morgan fingerprint density at radius 2 is 2.00 bits per heavy atom. The number of aliphatic carboxylic acids is 1. The molecule has 0 aromatic heterocycles. The molecule has 0 aromatic rings. The van der Waals surface area contributed by atoms with Crippen LogP contribution in [-0.2, 0) is 9.59 Å². The second-order valence-corrected chi connectivity index (χ2v) is 4.43. The second-order valence-electron chi connectivity index (χ2n) is 4.43. The first-order valence-corrected chi connectivity index (χ1v) is 6.25. The van der Waals surface area contributed by atoms with Crippen LogP contribution in [0.3, 0.4) is 0 Å². The lowest BCUT2D eigenvalue weighted by atomic mass is 10.1. The molecule has 0 radical (unpaired) electrons. The van der Waals surface area contributed by atoms with E-state index in [2.05, 4.69) is 10.7 Å². The van der Waals surface area contributed by atoms with E-state index >= 15 is 0 Å². The Hall–Kier alpha value is -1.22. The molecule has 112 valence electrons. The van der Waals surface area contributed by atoms with Crippen molar-refractivity contribution in [3.63, 3.8) is 0 Å². The van der Waals surface area contributed by atoms with Crippen LogP contribution in [0.15, 0.2) is 0 Å². The van der Waals surface area contributed by atoms with Crippen molar-refractivity contribution in [1.82, 2.24) is 15.8 Å². The van der Waals surface area contributed by atoms with Gasteiger partial charge in [0.1, 0.15) is 6.54 Å². The summed E-state index contributed by atoms with van der Waals surface area (Å²) >= 11 is 0. The fraction of sp³-hybridized carbons (Fsp3) is 0.818. The normalized spacial score (nSPS) is 14.2. The summed E-state index contributed by atoms with van der Waals surface area (Å²) < 4.78 is 0. The monoisotopic (exact) mass is 276 g/mol. The molecule has 8 heteroatoms. The molecule has 0 aliphatic rings. The first kappa shape index (κ1) is 17.8. The number of carboxylic acids is 1. The largest absolute Gasteiger partial charge is 0.480 e. The van der Waals surface area contributed by atoms with E-state index in [1.165, 1.54) is 7.05 Å². The first-order valence-electron chi connectivity index (χ1n) is 6.25. The highest BCUT2D eigenvalue weighted by molar-refractivity contribution is 5.84. The number of nitrogens with one attached hydrogen (secondary N) is 2. The Bertz CT molecular complexity index is 296. The van der Waals surface area contributed by atoms with Gasteiger partial charge in [0.25, 0.3) is 5.91 Å². The van der Waals surface area contributed by atoms with Gasteiger partial charge in [0.15, 0.2) is 5.72 Å². The van der Waals surface area contributed by atoms with E-state index in [4.69, 9.17) is 10.8 Å². The van der Waals surface area contributed by atoms with Gasteiger partial charge >= 0.3 is 5.97 Å². The third-order valence-electron chi connectivity index (χ3n) is 2.47. The number of hydrogen-bond donors (Lipinski definition) is 5. The second kappa shape index (κ2) is 8.81. The number of carboxylic acid groups (broad SMARTS) is 1. The van der Waals surface area contributed by atoms with Crippen molar-refractivity contribution in [2.75, 3.05) is 26.7 Å². The number of carbonyl (C=O) groups excluding carboxylic acids is 1. The van der Waals surface area contributed by atoms with Crippen molar-refractivity contribution in [1.29, 1.82) is 0 Å². The summed E-state index contributed by atoms with van der Waals surface area (Å²) in [5.41, 5.74) is 5.74. The molecular formula is C11H24N4O4. The molecule has 0 aliphatic carbocycles. The molecule has 0 aromatic carbocycles. The van der Waals surface area contributed by atoms with Gasteiger partial charge in [-0.15, -0.1) is 0 Å². The summed E-state index contributed by atoms with van der Waals surface area (Å²) in [6.45, 7) is 3.29. The van der Waals surface area contributed by atoms with Crippen LogP contribution in [0.4, 0.5) is 0 Å². The van der Waals surface area contributed by atoms with Gasteiger partial charge < -0.3 is 15.5 Å². The highest BCUT2D eigenvalue weighted by atomic mass is 16.4. The zero-order chi connectivity index (χ0) is 14.9. The Kier molecular flexibility index (Phi) is 8.24. The van der Waals surface area contributed by atoms with Crippen molar-refractivity contribution in [2.45, 2.75) is 31.9 Å². The SMILES string of the molecule is CCNCCCCC(N)(O)C(=O)NN(C)CC(=O)O. The number of amides is 1. The Balaban J connectivity index is 4.02. The number of likely N-dealkylation sites (N-methyl/N-ethyl adjacent to an activating group) is 1. The van der Waals surface area contributed by atoms with Crippen molar-refractivity contribution in [2.24, 2.45) is 5.73 Å². The first-order chi connectivity index (χ1) is 8.79. The fourth-order valence-corrected chi connectivity index (χ4v) is 1.45. The van der Waals surface area contributed by atoms with Crippen LogP contribution in [0.5, 0.6) is 0 Å². The maximum atomic E-state index is 11.6. The number of hydrazine groups is 1. The zero-order valence-electron chi connectivity index (χ0n) is 11.5. The molecule has 0 fully saturated rings. The van der Waals surface area contributed by atoms with Crippen molar-refractivity contribution in [3.05, 3.63) is 0 Å². The minimum atomic E-state index is -1.99. The minimum absolute atomic E-state index is 0.116. The minimum Gasteiger partial charge on any atom is -0.480 e. The Morgan fingerprint density at radius 1 is 1.37 bits per heavy atom. The lowest BCUT2D eigenvalue weighted by Crippen LogP contribution is -2.58. The third-order valence-corrected chi connectivity index (χ3v) is 2.47. The maximum absolute atomic E-state index is 11.6. The van der Waals surface area contributed by atoms with Gasteiger partial charge in [-0.1, -0.05) is 6.92 Å². The number of unbranched alkanes of at least 4 members (excludes halogenated alkanes) is 1. The van der Waals surface area contributed by atoms with Gasteiger partial charge in [0, 0.05) is 7.05 Å². The smallest absolute Gasteiger partial charge is 0.319 e. The van der Waals surface area contributed by atoms with Gasteiger partial charge in [0.05, 0.1) is 0 Å². The molecule has 1 atom stereocenters. The lowest BCUT2D eigenvalue weighted by molar-refractivity contribution is -0.147. The van der Waals surface area contributed by atoms with Crippen LogP contribution >= 0.6 is 0 Å². The highest BCUT2D eigenvalue weighted by Crippen LogP contribution is 2.08. The average Bonchev–Trinajstić information content (AvgIpc) is 2.27. The van der Waals surface area contributed by atoms with E-state index in [1.54, 1.807) is 0 Å². The van der Waals surface area contributed by atoms with E-state index in [9.17, 15) is 14.7 Å². The van der Waals surface area contributed by atoms with Crippen LogP contribution in [0.1, 0.15) is 26.2 Å². The molecule has 1 unspecified atom stereocenters. The van der Waals surface area contributed by atoms with Gasteiger partial charge in [-0.2, -0.15) is 0 Å². The topological polar surface area (TPSA) is 128 Å². The molecule has 19 heavy (non-hydrogen) atoms. The van der Waals surface area contributed by atoms with Gasteiger partial charge in [-0.05, 0) is 32.4 Å². The zero-order valence-corrected chi connectivity index (χ0v) is 11.5. The van der Waals surface area contributed by atoms with Gasteiger partial charge in [-0.25, -0.2) is 5.01 Å². The highest BCUT2D eigenvalue weighted by Gasteiger charge is 2.31. The van der Waals surface area contributed by atoms with Crippen LogP contribution in [0.25, 0.3) is 0 Å². The molecule has 0 heterocycles. The molecule has 0 saturated heterocycles. The average molecular weight is 276 g/mol. The van der Waals surface area contributed by atoms with Gasteiger partial charge in [-0.3, -0.25) is 20.7 Å². The third kappa shape index (κ3) is 8.49. The predicted molar refractivity (Wildman–Crippen MR) is 69.9 cm³/mol. The summed E-state index contributed by atoms with van der Waals surface area (Å²) in [6, 6.07) is 0. The number of nitrogens with two attached hydrogens (primary N) is 1. The molecular weight excluding hydrogens is 252 g/mol. The predicted octanol–water partition coefficient (Wildman–Crippen LogP) is -1.54. The van der Waals surface area contributed by atoms with Crippen LogP contribution in [0, 0.1) is 0 Å². The van der Waals surface area contributed by atoms with Crippen LogP contribution in [-0.4, -0.2) is 59.5 Å². The summed E-state index contributed by atoms with van der Waals surface area (Å²) in [6.07, 6.45) is 1.51. The van der Waals surface area contributed by atoms with E-state index in [0.717, 1.165) is 24.5 Å². The molecule has 0 spiro atoms. The number of rotatable bonds is 10. The number of hydrogen-bond acceptors (Lipinski definition) is 6. The summed E-state index contributed by atoms with van der Waals surface area (Å²) in [7, 11) is 1.38. The lowest BCUT2D eigenvalue weighted by Gasteiger charge is -2.25. The van der Waals surface area contributed by atoms with Gasteiger partial charge in [0.2, 0.25) is 0 Å².